The number of nitrogens with zero attached hydrogens (tertiary/aromatic N) is 3. The molecule has 0 bridgehead atoms. The number of hydrogen-bond donors (Lipinski definition) is 1. The van der Waals surface area contributed by atoms with Gasteiger partial charge in [0.15, 0.2) is 0 Å². The predicted molar refractivity (Wildman–Crippen MR) is 96.9 cm³/mol. The van der Waals surface area contributed by atoms with Gasteiger partial charge in [-0.3, -0.25) is 14.8 Å². The van der Waals surface area contributed by atoms with Crippen LogP contribution in [0.4, 0.5) is 10.5 Å². The molecule has 1 aromatic heterocycles. The maximum absolute atomic E-state index is 11.7. The zero-order valence-corrected chi connectivity index (χ0v) is 16.3. The van der Waals surface area contributed by atoms with E-state index in [1.165, 1.54) is 6.20 Å². The molecule has 1 aromatic rings. The molecule has 1 aliphatic rings. The molecule has 27 heavy (non-hydrogen) atoms. The number of amides is 1. The summed E-state index contributed by atoms with van der Waals surface area (Å²) < 4.78 is 17.6. The van der Waals surface area contributed by atoms with Crippen molar-refractivity contribution in [1.29, 1.82) is 0 Å². The van der Waals surface area contributed by atoms with Gasteiger partial charge in [0.25, 0.3) is 0 Å². The van der Waals surface area contributed by atoms with Gasteiger partial charge in [0.2, 0.25) is 0 Å². The van der Waals surface area contributed by atoms with Crippen LogP contribution in [0.15, 0.2) is 6.20 Å². The van der Waals surface area contributed by atoms with Crippen molar-refractivity contribution in [3.05, 3.63) is 16.3 Å². The van der Waals surface area contributed by atoms with E-state index in [1.807, 2.05) is 6.92 Å². The standard InChI is InChI=1S/C17H28N4O6/c1-12(18-16(22)27-17(2,3)4)5-10-26-15-14(21(23)24)11-20(19-15)13-6-8-25-9-7-13/h11-13H,5-10H2,1-4H3,(H,18,22)/t12-/m1/s1. The van der Waals surface area contributed by atoms with Gasteiger partial charge in [0, 0.05) is 25.7 Å². The van der Waals surface area contributed by atoms with Crippen molar-refractivity contribution in [1.82, 2.24) is 15.1 Å². The van der Waals surface area contributed by atoms with Gasteiger partial charge in [-0.1, -0.05) is 0 Å². The van der Waals surface area contributed by atoms with Gasteiger partial charge < -0.3 is 19.5 Å². The Balaban J connectivity index is 1.88. The third-order valence-electron chi connectivity index (χ3n) is 3.99. The van der Waals surface area contributed by atoms with Crippen LogP contribution in [0.25, 0.3) is 0 Å². The minimum absolute atomic E-state index is 0.00374. The second-order valence-corrected chi connectivity index (χ2v) is 7.58. The molecule has 1 atom stereocenters. The molecule has 1 amide bonds. The largest absolute Gasteiger partial charge is 0.472 e. The third-order valence-corrected chi connectivity index (χ3v) is 3.99. The van der Waals surface area contributed by atoms with Crippen LogP contribution in [0.2, 0.25) is 0 Å². The lowest BCUT2D eigenvalue weighted by atomic mass is 10.1. The van der Waals surface area contributed by atoms with Crippen molar-refractivity contribution in [2.45, 2.75) is 64.6 Å². The quantitative estimate of drug-likeness (QED) is 0.567. The Morgan fingerprint density at radius 1 is 1.48 bits per heavy atom. The van der Waals surface area contributed by atoms with Crippen LogP contribution in [-0.4, -0.2) is 52.3 Å². The van der Waals surface area contributed by atoms with Crippen LogP contribution in [0, 0.1) is 10.1 Å². The van der Waals surface area contributed by atoms with Gasteiger partial charge >= 0.3 is 17.7 Å². The minimum Gasteiger partial charge on any atom is -0.472 e. The smallest absolute Gasteiger partial charge is 0.407 e. The Hall–Kier alpha value is -2.36. The van der Waals surface area contributed by atoms with E-state index in [4.69, 9.17) is 14.2 Å². The molecule has 2 heterocycles. The monoisotopic (exact) mass is 384 g/mol. The van der Waals surface area contributed by atoms with Crippen LogP contribution in [-0.2, 0) is 9.47 Å². The molecular formula is C17H28N4O6. The molecule has 0 aromatic carbocycles. The Kier molecular flexibility index (Phi) is 7.00. The highest BCUT2D eigenvalue weighted by Gasteiger charge is 2.26. The molecule has 1 fully saturated rings. The molecule has 2 rings (SSSR count). The van der Waals surface area contributed by atoms with Crippen molar-refractivity contribution in [3.63, 3.8) is 0 Å². The number of aromatic nitrogens is 2. The molecule has 10 heteroatoms. The van der Waals surface area contributed by atoms with Gasteiger partial charge in [-0.25, -0.2) is 4.79 Å². The van der Waals surface area contributed by atoms with E-state index < -0.39 is 16.6 Å². The van der Waals surface area contributed by atoms with Gasteiger partial charge in [0.05, 0.1) is 17.6 Å². The molecule has 0 aliphatic carbocycles. The fourth-order valence-electron chi connectivity index (χ4n) is 2.64. The van der Waals surface area contributed by atoms with Crippen molar-refractivity contribution in [3.8, 4) is 5.88 Å². The van der Waals surface area contributed by atoms with Crippen LogP contribution < -0.4 is 10.1 Å². The molecular weight excluding hydrogens is 356 g/mol. The van der Waals surface area contributed by atoms with E-state index in [2.05, 4.69) is 10.4 Å². The average molecular weight is 384 g/mol. The number of ether oxygens (including phenoxy) is 3. The van der Waals surface area contributed by atoms with Gasteiger partial charge in [-0.05, 0) is 40.5 Å². The van der Waals surface area contributed by atoms with Crippen LogP contribution in [0.5, 0.6) is 5.88 Å². The normalized spacial score (nSPS) is 16.6. The summed E-state index contributed by atoms with van der Waals surface area (Å²) in [5.74, 6) is -0.00374. The highest BCUT2D eigenvalue weighted by atomic mass is 16.6. The maximum Gasteiger partial charge on any atom is 0.407 e. The van der Waals surface area contributed by atoms with Crippen LogP contribution >= 0.6 is 0 Å². The van der Waals surface area contributed by atoms with Crippen LogP contribution in [0.3, 0.4) is 0 Å². The van der Waals surface area contributed by atoms with E-state index in [1.54, 1.807) is 25.5 Å². The summed E-state index contributed by atoms with van der Waals surface area (Å²) in [6.07, 6.45) is 2.88. The summed E-state index contributed by atoms with van der Waals surface area (Å²) in [4.78, 5) is 22.5. The summed E-state index contributed by atoms with van der Waals surface area (Å²) in [5, 5.41) is 18.2. The molecule has 0 radical (unpaired) electrons. The fraction of sp³-hybridized carbons (Fsp3) is 0.765. The number of nitrogens with one attached hydrogen (secondary N) is 1. The topological polar surface area (TPSA) is 118 Å². The van der Waals surface area contributed by atoms with E-state index in [9.17, 15) is 14.9 Å². The van der Waals surface area contributed by atoms with Crippen molar-refractivity contribution < 1.29 is 23.9 Å². The van der Waals surface area contributed by atoms with Crippen molar-refractivity contribution in [2.75, 3.05) is 19.8 Å². The Morgan fingerprint density at radius 2 is 2.15 bits per heavy atom. The van der Waals surface area contributed by atoms with Crippen molar-refractivity contribution >= 4 is 11.8 Å². The Bertz CT molecular complexity index is 648. The van der Waals surface area contributed by atoms with E-state index in [-0.39, 0.29) is 30.3 Å². The molecule has 0 saturated carbocycles. The summed E-state index contributed by atoms with van der Waals surface area (Å²) in [7, 11) is 0. The fourth-order valence-corrected chi connectivity index (χ4v) is 2.64. The number of carbonyl (C=O) groups is 1. The summed E-state index contributed by atoms with van der Waals surface area (Å²) in [6.45, 7) is 8.58. The van der Waals surface area contributed by atoms with E-state index in [0.717, 1.165) is 12.8 Å². The second-order valence-electron chi connectivity index (χ2n) is 7.58. The van der Waals surface area contributed by atoms with Crippen LogP contribution in [0.1, 0.15) is 53.0 Å². The molecule has 152 valence electrons. The number of alkyl carbamates (subject to hydrolysis) is 1. The second kappa shape index (κ2) is 9.03. The Morgan fingerprint density at radius 3 is 2.74 bits per heavy atom. The minimum atomic E-state index is -0.572. The molecule has 0 unspecified atom stereocenters. The molecule has 0 spiro atoms. The first-order chi connectivity index (χ1) is 12.7. The highest BCUT2D eigenvalue weighted by Crippen LogP contribution is 2.29. The first kappa shape index (κ1) is 20.9. The van der Waals surface area contributed by atoms with E-state index >= 15 is 0 Å². The summed E-state index contributed by atoms with van der Waals surface area (Å²) in [5.41, 5.74) is -0.730. The van der Waals surface area contributed by atoms with Gasteiger partial charge in [0.1, 0.15) is 11.8 Å². The lowest BCUT2D eigenvalue weighted by Gasteiger charge is -2.22. The highest BCUT2D eigenvalue weighted by molar-refractivity contribution is 5.68. The van der Waals surface area contributed by atoms with Gasteiger partial charge in [-0.15, -0.1) is 5.10 Å². The lowest BCUT2D eigenvalue weighted by Crippen LogP contribution is -2.38. The zero-order chi connectivity index (χ0) is 20.0. The molecule has 1 aliphatic heterocycles. The molecule has 1 saturated heterocycles. The number of carbonyl (C=O) groups excluding carboxylic acids is 1. The molecule has 10 nitrogen and oxygen atoms in total. The third kappa shape index (κ3) is 6.70. The first-order valence-electron chi connectivity index (χ1n) is 9.09. The van der Waals surface area contributed by atoms with Crippen molar-refractivity contribution in [2.24, 2.45) is 0 Å². The average Bonchev–Trinajstić information content (AvgIpc) is 2.98. The zero-order valence-electron chi connectivity index (χ0n) is 16.3. The number of nitro groups is 1. The SMILES string of the molecule is C[C@H](CCOc1nn(C2CCOCC2)cc1[N+](=O)[O-])NC(=O)OC(C)(C)C. The summed E-state index contributed by atoms with van der Waals surface area (Å²) in [6, 6.07) is -0.140. The summed E-state index contributed by atoms with van der Waals surface area (Å²) >= 11 is 0. The van der Waals surface area contributed by atoms with E-state index in [0.29, 0.717) is 19.6 Å². The molecule has 1 N–H and O–H groups in total. The first-order valence-corrected chi connectivity index (χ1v) is 9.09. The maximum atomic E-state index is 11.7. The lowest BCUT2D eigenvalue weighted by molar-refractivity contribution is -0.386. The Labute approximate surface area is 158 Å². The number of hydrogen-bond acceptors (Lipinski definition) is 7. The number of rotatable bonds is 7. The van der Waals surface area contributed by atoms with Gasteiger partial charge in [-0.2, -0.15) is 0 Å². The predicted octanol–water partition coefficient (Wildman–Crippen LogP) is 2.82.